The van der Waals surface area contributed by atoms with E-state index in [1.807, 2.05) is 54.6 Å². The molecule has 0 saturated heterocycles. The van der Waals surface area contributed by atoms with E-state index in [1.165, 1.54) is 0 Å². The summed E-state index contributed by atoms with van der Waals surface area (Å²) >= 11 is 0. The second kappa shape index (κ2) is 7.10. The van der Waals surface area contributed by atoms with E-state index in [-0.39, 0.29) is 0 Å². The molecule has 29 heavy (non-hydrogen) atoms. The number of aromatic nitrogens is 3. The molecule has 0 aliphatic carbocycles. The fourth-order valence-corrected chi connectivity index (χ4v) is 3.80. The molecule has 0 bridgehead atoms. The van der Waals surface area contributed by atoms with Crippen molar-refractivity contribution in [1.82, 2.24) is 19.9 Å². The standard InChI is InChI=1S/C22H21N5O2/c23-21(28)20-19(25-22-17-13-24-12-4-7-18(17)26-27(20)22)14-8-10-16(11-9-14)29-15-5-2-1-3-6-15/h1-3,5-6,8-11,24-25H,4,7,12-13H2,(H2,23,28). The number of hydrogen-bond donors (Lipinski definition) is 3. The number of benzene rings is 2. The van der Waals surface area contributed by atoms with Crippen molar-refractivity contribution in [3.63, 3.8) is 0 Å². The molecular formula is C22H21N5O2. The maximum atomic E-state index is 12.3. The molecule has 0 fully saturated rings. The molecule has 1 aliphatic heterocycles. The number of nitrogens with one attached hydrogen (secondary N) is 2. The van der Waals surface area contributed by atoms with Crippen LogP contribution in [0.4, 0.5) is 0 Å². The lowest BCUT2D eigenvalue weighted by Gasteiger charge is -2.07. The number of nitrogens with two attached hydrogens (primary N) is 1. The van der Waals surface area contributed by atoms with E-state index in [4.69, 9.17) is 10.5 Å². The van der Waals surface area contributed by atoms with Crippen molar-refractivity contribution in [1.29, 1.82) is 0 Å². The number of H-pyrrole nitrogens is 1. The van der Waals surface area contributed by atoms with Gasteiger partial charge in [-0.15, -0.1) is 0 Å². The second-order valence-corrected chi connectivity index (χ2v) is 7.12. The quantitative estimate of drug-likeness (QED) is 0.501. The number of primary amides is 1. The average molecular weight is 387 g/mol. The van der Waals surface area contributed by atoms with E-state index in [2.05, 4.69) is 15.4 Å². The maximum Gasteiger partial charge on any atom is 0.269 e. The van der Waals surface area contributed by atoms with Crippen molar-refractivity contribution in [2.75, 3.05) is 6.54 Å². The number of carbonyl (C=O) groups excluding carboxylic acids is 1. The fraction of sp³-hybridized carbons (Fsp3) is 0.182. The van der Waals surface area contributed by atoms with Crippen LogP contribution in [0, 0.1) is 0 Å². The number of fused-ring (bicyclic) bond motifs is 3. The molecule has 7 heteroatoms. The first-order chi connectivity index (χ1) is 14.2. The summed E-state index contributed by atoms with van der Waals surface area (Å²) in [6, 6.07) is 17.2. The third-order valence-electron chi connectivity index (χ3n) is 5.18. The predicted molar refractivity (Wildman–Crippen MR) is 110 cm³/mol. The molecule has 4 N–H and O–H groups in total. The topological polar surface area (TPSA) is 97.4 Å². The van der Waals surface area contributed by atoms with Crippen LogP contribution in [-0.2, 0) is 13.0 Å². The lowest BCUT2D eigenvalue weighted by atomic mass is 10.1. The molecule has 5 rings (SSSR count). The molecule has 2 aromatic heterocycles. The molecule has 1 aliphatic rings. The van der Waals surface area contributed by atoms with Crippen molar-refractivity contribution in [2.24, 2.45) is 5.73 Å². The summed E-state index contributed by atoms with van der Waals surface area (Å²) in [6.45, 7) is 1.68. The molecule has 0 atom stereocenters. The highest BCUT2D eigenvalue weighted by molar-refractivity contribution is 5.98. The summed E-state index contributed by atoms with van der Waals surface area (Å²) in [5, 5.41) is 8.08. The molecular weight excluding hydrogens is 366 g/mol. The molecule has 3 heterocycles. The summed E-state index contributed by atoms with van der Waals surface area (Å²) in [5.41, 5.74) is 10.5. The van der Waals surface area contributed by atoms with E-state index < -0.39 is 5.91 Å². The van der Waals surface area contributed by atoms with Crippen LogP contribution in [0.1, 0.15) is 28.2 Å². The molecule has 0 unspecified atom stereocenters. The van der Waals surface area contributed by atoms with Gasteiger partial charge in [0.15, 0.2) is 5.69 Å². The second-order valence-electron chi connectivity index (χ2n) is 7.12. The van der Waals surface area contributed by atoms with Gasteiger partial charge in [0.1, 0.15) is 17.1 Å². The number of amides is 1. The predicted octanol–water partition coefficient (Wildman–Crippen LogP) is 3.26. The minimum atomic E-state index is -0.513. The van der Waals surface area contributed by atoms with Crippen LogP contribution in [0.2, 0.25) is 0 Å². The van der Waals surface area contributed by atoms with Crippen LogP contribution in [0.15, 0.2) is 54.6 Å². The van der Waals surface area contributed by atoms with Gasteiger partial charge in [0.2, 0.25) is 0 Å². The third kappa shape index (κ3) is 3.15. The van der Waals surface area contributed by atoms with Gasteiger partial charge in [-0.05, 0) is 55.8 Å². The van der Waals surface area contributed by atoms with E-state index >= 15 is 0 Å². The Labute approximate surface area is 167 Å². The van der Waals surface area contributed by atoms with Crippen LogP contribution in [-0.4, -0.2) is 27.0 Å². The van der Waals surface area contributed by atoms with E-state index in [0.29, 0.717) is 11.4 Å². The zero-order chi connectivity index (χ0) is 19.8. The van der Waals surface area contributed by atoms with Gasteiger partial charge in [0.05, 0.1) is 11.4 Å². The minimum Gasteiger partial charge on any atom is -0.457 e. The first-order valence-corrected chi connectivity index (χ1v) is 9.67. The summed E-state index contributed by atoms with van der Waals surface area (Å²) in [7, 11) is 0. The van der Waals surface area contributed by atoms with Crippen molar-refractivity contribution in [3.05, 3.63) is 71.5 Å². The molecule has 0 radical (unpaired) electrons. The zero-order valence-electron chi connectivity index (χ0n) is 15.8. The molecule has 7 nitrogen and oxygen atoms in total. The van der Waals surface area contributed by atoms with Crippen LogP contribution in [0.25, 0.3) is 16.9 Å². The average Bonchev–Trinajstić information content (AvgIpc) is 3.16. The van der Waals surface area contributed by atoms with Gasteiger partial charge in [-0.25, -0.2) is 4.52 Å². The molecule has 0 spiro atoms. The van der Waals surface area contributed by atoms with Gasteiger partial charge >= 0.3 is 0 Å². The fourth-order valence-electron chi connectivity index (χ4n) is 3.80. The monoisotopic (exact) mass is 387 g/mol. The highest BCUT2D eigenvalue weighted by Crippen LogP contribution is 2.30. The van der Waals surface area contributed by atoms with Gasteiger partial charge in [0.25, 0.3) is 5.91 Å². The normalized spacial score (nSPS) is 13.8. The highest BCUT2D eigenvalue weighted by atomic mass is 16.5. The van der Waals surface area contributed by atoms with Crippen molar-refractivity contribution >= 4 is 11.6 Å². The summed E-state index contributed by atoms with van der Waals surface area (Å²) in [5.74, 6) is 0.975. The van der Waals surface area contributed by atoms with E-state index in [0.717, 1.165) is 59.9 Å². The SMILES string of the molecule is NC(=O)c1c(-c2ccc(Oc3ccccc3)cc2)[nH]c2c3c(nn12)CCCNC3. The van der Waals surface area contributed by atoms with Gasteiger partial charge in [-0.1, -0.05) is 18.2 Å². The Bertz CT molecular complexity index is 1180. The van der Waals surface area contributed by atoms with Gasteiger partial charge in [0, 0.05) is 17.7 Å². The largest absolute Gasteiger partial charge is 0.457 e. The number of para-hydroxylation sites is 1. The lowest BCUT2D eigenvalue weighted by molar-refractivity contribution is 0.0994. The minimum absolute atomic E-state index is 0.366. The maximum absolute atomic E-state index is 12.3. The van der Waals surface area contributed by atoms with Crippen LogP contribution < -0.4 is 15.8 Å². The third-order valence-corrected chi connectivity index (χ3v) is 5.18. The Hall–Kier alpha value is -3.58. The number of ether oxygens (including phenoxy) is 1. The number of aryl methyl sites for hydroxylation is 1. The summed E-state index contributed by atoms with van der Waals surface area (Å²) in [4.78, 5) is 15.6. The Morgan fingerprint density at radius 2 is 1.83 bits per heavy atom. The highest BCUT2D eigenvalue weighted by Gasteiger charge is 2.24. The van der Waals surface area contributed by atoms with Gasteiger partial charge in [-0.2, -0.15) is 5.10 Å². The molecule has 146 valence electrons. The summed E-state index contributed by atoms with van der Waals surface area (Å²) in [6.07, 6.45) is 1.91. The number of imidazole rings is 1. The lowest BCUT2D eigenvalue weighted by Crippen LogP contribution is -2.15. The van der Waals surface area contributed by atoms with E-state index in [1.54, 1.807) is 4.52 Å². The van der Waals surface area contributed by atoms with E-state index in [9.17, 15) is 4.79 Å². The van der Waals surface area contributed by atoms with Crippen LogP contribution >= 0.6 is 0 Å². The molecule has 0 saturated carbocycles. The van der Waals surface area contributed by atoms with Crippen molar-refractivity contribution in [3.8, 4) is 22.8 Å². The smallest absolute Gasteiger partial charge is 0.269 e. The Morgan fingerprint density at radius 3 is 2.59 bits per heavy atom. The molecule has 1 amide bonds. The zero-order valence-corrected chi connectivity index (χ0v) is 15.8. The Morgan fingerprint density at radius 1 is 1.07 bits per heavy atom. The first kappa shape index (κ1) is 17.5. The van der Waals surface area contributed by atoms with Gasteiger partial charge in [-0.3, -0.25) is 4.79 Å². The number of aromatic amines is 1. The number of rotatable bonds is 4. The number of hydrogen-bond acceptors (Lipinski definition) is 4. The first-order valence-electron chi connectivity index (χ1n) is 9.67. The molecule has 4 aromatic rings. The number of carbonyl (C=O) groups is 1. The van der Waals surface area contributed by atoms with Crippen molar-refractivity contribution < 1.29 is 9.53 Å². The van der Waals surface area contributed by atoms with Crippen LogP contribution in [0.5, 0.6) is 11.5 Å². The Balaban J connectivity index is 1.54. The molecule has 2 aromatic carbocycles. The van der Waals surface area contributed by atoms with Gasteiger partial charge < -0.3 is 20.8 Å². The van der Waals surface area contributed by atoms with Crippen LogP contribution in [0.3, 0.4) is 0 Å². The number of nitrogens with zero attached hydrogens (tertiary/aromatic N) is 2. The van der Waals surface area contributed by atoms with Crippen molar-refractivity contribution in [2.45, 2.75) is 19.4 Å². The summed E-state index contributed by atoms with van der Waals surface area (Å²) < 4.78 is 7.51. The Kier molecular flexibility index (Phi) is 4.29.